The molecule has 238 valence electrons. The first kappa shape index (κ1) is 34.3. The summed E-state index contributed by atoms with van der Waals surface area (Å²) in [6.07, 6.45) is 1.69. The molecule has 3 aromatic rings. The van der Waals surface area contributed by atoms with Gasteiger partial charge in [-0.05, 0) is 66.9 Å². The van der Waals surface area contributed by atoms with Crippen LogP contribution in [0.3, 0.4) is 0 Å². The van der Waals surface area contributed by atoms with Crippen molar-refractivity contribution in [3.05, 3.63) is 93.2 Å². The molecule has 1 aliphatic rings. The summed E-state index contributed by atoms with van der Waals surface area (Å²) in [5.41, 5.74) is -1.56. The number of benzene rings is 3. The molecule has 4 rings (SSSR count). The van der Waals surface area contributed by atoms with Crippen molar-refractivity contribution < 1.29 is 41.2 Å². The van der Waals surface area contributed by atoms with E-state index in [1.807, 2.05) is 13.8 Å². The Labute approximate surface area is 264 Å². The molecule has 1 aliphatic heterocycles. The van der Waals surface area contributed by atoms with Crippen molar-refractivity contribution in [1.29, 1.82) is 0 Å². The molecular formula is C29H31Cl2F2N2O7PS. The maximum Gasteiger partial charge on any atom is 0.469 e. The molecule has 0 amide bonds. The first-order valence-electron chi connectivity index (χ1n) is 13.1. The number of aliphatic hydroxyl groups is 1. The number of anilines is 1. The minimum absolute atomic E-state index is 0.000281. The number of phosphoric acid groups is 1. The van der Waals surface area contributed by atoms with E-state index in [1.54, 1.807) is 43.1 Å². The molecular weight excluding hydrogens is 660 g/mol. The van der Waals surface area contributed by atoms with E-state index in [0.29, 0.717) is 21.3 Å². The van der Waals surface area contributed by atoms with Gasteiger partial charge in [0.15, 0.2) is 9.84 Å². The zero-order chi connectivity index (χ0) is 33.0. The molecule has 0 aliphatic carbocycles. The average Bonchev–Trinajstić information content (AvgIpc) is 3.33. The van der Waals surface area contributed by atoms with Crippen LogP contribution in [0.2, 0.25) is 10.0 Å². The summed E-state index contributed by atoms with van der Waals surface area (Å²) >= 11 is 13.1. The molecule has 1 heterocycles. The Morgan fingerprint density at radius 1 is 1.00 bits per heavy atom. The van der Waals surface area contributed by atoms with Gasteiger partial charge < -0.3 is 25.1 Å². The molecule has 0 saturated heterocycles. The lowest BCUT2D eigenvalue weighted by Gasteiger charge is -2.40. The Morgan fingerprint density at radius 2 is 1.59 bits per heavy atom. The van der Waals surface area contributed by atoms with Gasteiger partial charge >= 0.3 is 7.82 Å². The van der Waals surface area contributed by atoms with E-state index in [2.05, 4.69) is 9.84 Å². The lowest BCUT2D eigenvalue weighted by molar-refractivity contribution is 0.110. The Balaban J connectivity index is 1.81. The van der Waals surface area contributed by atoms with E-state index in [9.17, 15) is 18.1 Å². The molecule has 0 fully saturated rings. The highest BCUT2D eigenvalue weighted by Gasteiger charge is 2.44. The molecule has 0 radical (unpaired) electrons. The van der Waals surface area contributed by atoms with Crippen LogP contribution in [0, 0.1) is 11.6 Å². The van der Waals surface area contributed by atoms with Crippen LogP contribution in [0.1, 0.15) is 38.8 Å². The van der Waals surface area contributed by atoms with Crippen LogP contribution in [-0.2, 0) is 30.9 Å². The molecule has 3 aromatic carbocycles. The summed E-state index contributed by atoms with van der Waals surface area (Å²) in [6.45, 7) is 5.88. The fourth-order valence-electron chi connectivity index (χ4n) is 5.08. The minimum Gasteiger partial charge on any atom is -0.384 e. The van der Waals surface area contributed by atoms with Crippen molar-refractivity contribution in [2.45, 2.75) is 56.4 Å². The number of hydrogen-bond donors (Lipinski definition) is 4. The smallest absolute Gasteiger partial charge is 0.384 e. The standard InChI is InChI=1S/C29H31Cl2F2N2O7PS/c1-28(2,26-19(30)7-6-8-20(26)31)27-34-25(29(3,4)36)14-35(27)23-10-9-16(11-22(23)33)17-12-21(32)18(15-42-43(37,38)39)24(13-17)44(5,40)41/h6-14,27,34,36H,15H2,1-5H3,(H2,37,38,39). The molecule has 4 N–H and O–H groups in total. The Bertz CT molecular complexity index is 1790. The number of nitrogens with one attached hydrogen (secondary N) is 1. The first-order valence-corrected chi connectivity index (χ1v) is 17.3. The van der Waals surface area contributed by atoms with Crippen molar-refractivity contribution in [2.24, 2.45) is 0 Å². The number of rotatable bonds is 9. The van der Waals surface area contributed by atoms with Crippen LogP contribution in [0.25, 0.3) is 11.1 Å². The van der Waals surface area contributed by atoms with E-state index in [1.165, 1.54) is 12.1 Å². The van der Waals surface area contributed by atoms with Gasteiger partial charge in [-0.1, -0.05) is 49.2 Å². The van der Waals surface area contributed by atoms with Crippen molar-refractivity contribution in [3.63, 3.8) is 0 Å². The van der Waals surface area contributed by atoms with Crippen molar-refractivity contribution in [3.8, 4) is 11.1 Å². The fraction of sp³-hybridized carbons (Fsp3) is 0.310. The Hall–Kier alpha value is -2.54. The molecule has 9 nitrogen and oxygen atoms in total. The minimum atomic E-state index is -5.03. The van der Waals surface area contributed by atoms with Gasteiger partial charge in [-0.2, -0.15) is 0 Å². The second-order valence-corrected chi connectivity index (χ2v) is 15.5. The van der Waals surface area contributed by atoms with Crippen LogP contribution in [0.4, 0.5) is 14.5 Å². The number of phosphoric ester groups is 1. The first-order chi connectivity index (χ1) is 20.1. The van der Waals surface area contributed by atoms with E-state index in [-0.39, 0.29) is 16.8 Å². The molecule has 0 saturated carbocycles. The van der Waals surface area contributed by atoms with Gasteiger partial charge in [-0.3, -0.25) is 4.52 Å². The fourth-order valence-corrected chi connectivity index (χ4v) is 7.21. The third-order valence-electron chi connectivity index (χ3n) is 7.28. The maximum atomic E-state index is 16.0. The second kappa shape index (κ2) is 12.0. The summed E-state index contributed by atoms with van der Waals surface area (Å²) in [5, 5.41) is 14.9. The van der Waals surface area contributed by atoms with Gasteiger partial charge in [0, 0.05) is 33.5 Å². The molecule has 44 heavy (non-hydrogen) atoms. The zero-order valence-corrected chi connectivity index (χ0v) is 27.5. The van der Waals surface area contributed by atoms with E-state index < -0.39 is 63.5 Å². The average molecular weight is 692 g/mol. The molecule has 1 atom stereocenters. The second-order valence-electron chi connectivity index (χ2n) is 11.5. The largest absolute Gasteiger partial charge is 0.469 e. The molecule has 15 heteroatoms. The number of halogens is 4. The van der Waals surface area contributed by atoms with Gasteiger partial charge in [0.25, 0.3) is 0 Å². The van der Waals surface area contributed by atoms with Crippen molar-refractivity contribution >= 4 is 46.5 Å². The lowest BCUT2D eigenvalue weighted by Crippen LogP contribution is -2.52. The number of hydrogen-bond acceptors (Lipinski definition) is 7. The van der Waals surface area contributed by atoms with Crippen LogP contribution >= 0.6 is 31.0 Å². The van der Waals surface area contributed by atoms with Gasteiger partial charge in [-0.15, -0.1) is 0 Å². The van der Waals surface area contributed by atoms with Gasteiger partial charge in [0.1, 0.15) is 17.8 Å². The molecule has 0 bridgehead atoms. The van der Waals surface area contributed by atoms with Crippen LogP contribution in [0.5, 0.6) is 0 Å². The quantitative estimate of drug-likeness (QED) is 0.191. The van der Waals surface area contributed by atoms with Crippen LogP contribution < -0.4 is 10.2 Å². The summed E-state index contributed by atoms with van der Waals surface area (Å²) in [4.78, 5) is 19.0. The third kappa shape index (κ3) is 7.13. The Morgan fingerprint density at radius 3 is 2.11 bits per heavy atom. The van der Waals surface area contributed by atoms with Crippen LogP contribution in [-0.4, -0.2) is 41.3 Å². The maximum absolute atomic E-state index is 16.0. The highest BCUT2D eigenvalue weighted by Crippen LogP contribution is 2.44. The molecule has 0 aromatic heterocycles. The zero-order valence-electron chi connectivity index (χ0n) is 24.3. The SMILES string of the molecule is CC(C)(O)C1=CN(c2ccc(-c3cc(F)c(COP(=O)(O)O)c(S(C)(=O)=O)c3)cc2F)C(C(C)(C)c2c(Cl)cccc2Cl)N1. The number of nitrogens with zero attached hydrogens (tertiary/aromatic N) is 1. The normalized spacial score (nSPS) is 16.2. The summed E-state index contributed by atoms with van der Waals surface area (Å²) < 4.78 is 71.5. The monoisotopic (exact) mass is 690 g/mol. The van der Waals surface area contributed by atoms with E-state index >= 15 is 8.78 Å². The summed E-state index contributed by atoms with van der Waals surface area (Å²) in [6, 6.07) is 11.1. The van der Waals surface area contributed by atoms with E-state index in [0.717, 1.165) is 24.5 Å². The number of sulfone groups is 1. The van der Waals surface area contributed by atoms with Crippen LogP contribution in [0.15, 0.2) is 65.3 Å². The predicted molar refractivity (Wildman–Crippen MR) is 165 cm³/mol. The molecule has 1 unspecified atom stereocenters. The van der Waals surface area contributed by atoms with Gasteiger partial charge in [-0.25, -0.2) is 21.8 Å². The highest BCUT2D eigenvalue weighted by atomic mass is 35.5. The predicted octanol–water partition coefficient (Wildman–Crippen LogP) is 6.28. The van der Waals surface area contributed by atoms with Crippen molar-refractivity contribution in [2.75, 3.05) is 11.2 Å². The van der Waals surface area contributed by atoms with Crippen molar-refractivity contribution in [1.82, 2.24) is 5.32 Å². The lowest BCUT2D eigenvalue weighted by atomic mass is 9.80. The Kier molecular flexibility index (Phi) is 9.36. The van der Waals surface area contributed by atoms with Gasteiger partial charge in [0.05, 0.1) is 28.5 Å². The topological polar surface area (TPSA) is 136 Å². The summed E-state index contributed by atoms with van der Waals surface area (Å²) in [5.74, 6) is -1.86. The third-order valence-corrected chi connectivity index (χ3v) is 9.54. The highest BCUT2D eigenvalue weighted by molar-refractivity contribution is 7.90. The van der Waals surface area contributed by atoms with E-state index in [4.69, 9.17) is 33.0 Å². The molecule has 0 spiro atoms. The summed E-state index contributed by atoms with van der Waals surface area (Å²) in [7, 11) is -9.13. The van der Waals surface area contributed by atoms with Gasteiger partial charge in [0.2, 0.25) is 0 Å².